The molecule has 3 aliphatic heterocycles. The van der Waals surface area contributed by atoms with Crippen LogP contribution < -0.4 is 0 Å². The minimum Gasteiger partial charge on any atom is -0.460 e. The van der Waals surface area contributed by atoms with Crippen molar-refractivity contribution < 1.29 is 63.3 Å². The monoisotopic (exact) mass is 916 g/mol. The van der Waals surface area contributed by atoms with Gasteiger partial charge < -0.3 is 49.0 Å². The normalized spacial score (nSPS) is 39.0. The molecule has 1 aliphatic carbocycles. The van der Waals surface area contributed by atoms with Crippen molar-refractivity contribution >= 4 is 23.4 Å². The highest BCUT2D eigenvalue weighted by atomic mass is 16.6. The summed E-state index contributed by atoms with van der Waals surface area (Å²) in [5, 5.41) is 45.7. The van der Waals surface area contributed by atoms with Gasteiger partial charge >= 0.3 is 5.97 Å². The first-order valence-electron chi connectivity index (χ1n) is 24.1. The number of fused-ring (bicyclic) bond motifs is 3. The molecule has 368 valence electrons. The number of esters is 1. The van der Waals surface area contributed by atoms with E-state index < -0.39 is 78.1 Å². The lowest BCUT2D eigenvalue weighted by atomic mass is 9.78. The SMILES string of the molecule is CO[C@H]1C[C@@H]2CC[C@@H](C)[C@@](O)(O2)[C@@H](O)C(=O)N2CCCCC2C(=O)OC([C@H](C)CC2CC[C@@H](O)[C@H](OC)C2)CC(=O)C(C)=CC(C)C(O)[C@@H](OC)C(=O)C(C)CC(C)C=CC=CC=C1C. The lowest BCUT2D eigenvalue weighted by molar-refractivity contribution is -0.317. The van der Waals surface area contributed by atoms with Crippen molar-refractivity contribution in [1.82, 2.24) is 4.90 Å². The summed E-state index contributed by atoms with van der Waals surface area (Å²) in [5.41, 5.74) is 1.23. The van der Waals surface area contributed by atoms with Gasteiger partial charge in [-0.2, -0.15) is 0 Å². The van der Waals surface area contributed by atoms with Crippen molar-refractivity contribution in [3.63, 3.8) is 0 Å². The van der Waals surface area contributed by atoms with E-state index in [-0.39, 0.29) is 60.9 Å². The number of amides is 1. The molecule has 0 aromatic rings. The second-order valence-corrected chi connectivity index (χ2v) is 19.8. The summed E-state index contributed by atoms with van der Waals surface area (Å²) in [7, 11) is 4.55. The first-order valence-corrected chi connectivity index (χ1v) is 24.1. The number of piperidine rings is 1. The second-order valence-electron chi connectivity index (χ2n) is 19.8. The number of carbonyl (C=O) groups is 4. The topological polar surface area (TPSA) is 199 Å². The molecule has 0 aromatic heterocycles. The van der Waals surface area contributed by atoms with E-state index in [4.69, 9.17) is 23.7 Å². The number of hydrogen-bond acceptors (Lipinski definition) is 13. The maximum Gasteiger partial charge on any atom is 0.329 e. The number of cyclic esters (lactones) is 1. The third kappa shape index (κ3) is 14.5. The summed E-state index contributed by atoms with van der Waals surface area (Å²) < 4.78 is 29.5. The smallest absolute Gasteiger partial charge is 0.329 e. The van der Waals surface area contributed by atoms with Crippen LogP contribution in [0.3, 0.4) is 0 Å². The molecule has 0 radical (unpaired) electrons. The predicted molar refractivity (Wildman–Crippen MR) is 246 cm³/mol. The molecular weight excluding hydrogens is 835 g/mol. The van der Waals surface area contributed by atoms with E-state index in [2.05, 4.69) is 0 Å². The zero-order valence-electron chi connectivity index (χ0n) is 40.7. The zero-order chi connectivity index (χ0) is 48.2. The fraction of sp³-hybridized carbons (Fsp3) is 0.765. The molecule has 0 spiro atoms. The molecular formula is C51H81NO13. The Morgan fingerprint density at radius 2 is 1.58 bits per heavy atom. The van der Waals surface area contributed by atoms with Crippen LogP contribution in [0.25, 0.3) is 0 Å². The average molecular weight is 916 g/mol. The lowest BCUT2D eigenvalue weighted by Gasteiger charge is -2.46. The van der Waals surface area contributed by atoms with Crippen molar-refractivity contribution in [3.8, 4) is 0 Å². The van der Waals surface area contributed by atoms with Crippen LogP contribution in [0.5, 0.6) is 0 Å². The molecule has 14 heteroatoms. The summed E-state index contributed by atoms with van der Waals surface area (Å²) in [6, 6.07) is -1.08. The second kappa shape index (κ2) is 25.3. The fourth-order valence-electron chi connectivity index (χ4n) is 10.3. The van der Waals surface area contributed by atoms with Crippen LogP contribution in [0.4, 0.5) is 0 Å². The number of allylic oxidation sites excluding steroid dienone is 6. The molecule has 65 heavy (non-hydrogen) atoms. The van der Waals surface area contributed by atoms with E-state index in [0.717, 1.165) is 12.0 Å². The number of Topliss-reactive ketones (excluding diaryl/α,β-unsaturated/α-hetero) is 2. The van der Waals surface area contributed by atoms with Gasteiger partial charge in [-0.25, -0.2) is 4.79 Å². The summed E-state index contributed by atoms with van der Waals surface area (Å²) in [4.78, 5) is 57.8. The maximum atomic E-state index is 14.4. The van der Waals surface area contributed by atoms with Crippen molar-refractivity contribution in [2.75, 3.05) is 27.9 Å². The minimum atomic E-state index is -2.23. The van der Waals surface area contributed by atoms with Gasteiger partial charge in [-0.1, -0.05) is 71.1 Å². The highest BCUT2D eigenvalue weighted by Gasteiger charge is 2.53. The molecule has 3 fully saturated rings. The Balaban J connectivity index is 1.70. The molecule has 3 heterocycles. The molecule has 4 aliphatic rings. The van der Waals surface area contributed by atoms with Gasteiger partial charge in [-0.05, 0) is 107 Å². The van der Waals surface area contributed by atoms with Crippen LogP contribution in [0.1, 0.15) is 126 Å². The third-order valence-electron chi connectivity index (χ3n) is 14.7. The van der Waals surface area contributed by atoms with E-state index in [9.17, 15) is 39.6 Å². The first-order chi connectivity index (χ1) is 30.7. The van der Waals surface area contributed by atoms with E-state index >= 15 is 0 Å². The standard InChI is InChI=1S/C51H81NO13/c1-30-16-12-11-13-17-31(2)42(61-8)28-38-21-19-36(7)51(60,65-38)48(57)49(58)52-23-15-14-18-39(52)50(59)64-43(33(4)26-37-20-22-40(53)44(27-37)62-9)29-41(54)32(3)25-35(6)46(56)47(63-10)45(55)34(5)24-30/h11-13,16-17,25,30,33-40,42-44,46-48,53,56-57,60H,14-15,18-24,26-29H2,1-10H3/t30?,33-,34?,35?,36-,37?,38+,39?,40-,42+,43?,44-,46?,47+,48+,51-/m1/s1. The summed E-state index contributed by atoms with van der Waals surface area (Å²) in [6.07, 6.45) is 9.77. The van der Waals surface area contributed by atoms with Crippen molar-refractivity contribution in [2.45, 2.75) is 186 Å². The van der Waals surface area contributed by atoms with Gasteiger partial charge in [0.1, 0.15) is 18.2 Å². The van der Waals surface area contributed by atoms with Crippen LogP contribution in [0.2, 0.25) is 0 Å². The van der Waals surface area contributed by atoms with Gasteiger partial charge in [0.05, 0.1) is 30.5 Å². The summed E-state index contributed by atoms with van der Waals surface area (Å²) in [5.74, 6) is -6.20. The molecule has 7 unspecified atom stereocenters. The number of methoxy groups -OCH3 is 3. The Morgan fingerprint density at radius 3 is 2.26 bits per heavy atom. The third-order valence-corrected chi connectivity index (χ3v) is 14.7. The van der Waals surface area contributed by atoms with Crippen molar-refractivity contribution in [3.05, 3.63) is 47.6 Å². The summed E-state index contributed by atoms with van der Waals surface area (Å²) >= 11 is 0. The lowest BCUT2D eigenvalue weighted by Crippen LogP contribution is -2.63. The zero-order valence-corrected chi connectivity index (χ0v) is 40.7. The van der Waals surface area contributed by atoms with Crippen LogP contribution in [-0.2, 0) is 42.9 Å². The van der Waals surface area contributed by atoms with Gasteiger partial charge in [0.2, 0.25) is 5.79 Å². The Bertz CT molecular complexity index is 1710. The number of nitrogens with zero attached hydrogens (tertiary/aromatic N) is 1. The highest BCUT2D eigenvalue weighted by Crippen LogP contribution is 2.39. The Labute approximate surface area is 387 Å². The number of aliphatic hydroxyl groups is 4. The number of hydrogen-bond donors (Lipinski definition) is 4. The van der Waals surface area contributed by atoms with E-state index in [0.29, 0.717) is 63.4 Å². The molecule has 16 atom stereocenters. The van der Waals surface area contributed by atoms with E-state index in [1.54, 1.807) is 41.1 Å². The van der Waals surface area contributed by atoms with Gasteiger partial charge in [0, 0.05) is 58.5 Å². The molecule has 1 amide bonds. The van der Waals surface area contributed by atoms with Crippen molar-refractivity contribution in [2.24, 2.45) is 35.5 Å². The first kappa shape index (κ1) is 54.5. The molecule has 2 saturated heterocycles. The van der Waals surface area contributed by atoms with Gasteiger partial charge in [-0.3, -0.25) is 14.4 Å². The molecule has 4 N–H and O–H groups in total. The fourth-order valence-corrected chi connectivity index (χ4v) is 10.3. The molecule has 2 bridgehead atoms. The highest BCUT2D eigenvalue weighted by molar-refractivity contribution is 5.95. The largest absolute Gasteiger partial charge is 0.460 e. The quantitative estimate of drug-likeness (QED) is 0.228. The van der Waals surface area contributed by atoms with Gasteiger partial charge in [0.25, 0.3) is 5.91 Å². The van der Waals surface area contributed by atoms with Gasteiger partial charge in [0.15, 0.2) is 17.7 Å². The van der Waals surface area contributed by atoms with Crippen molar-refractivity contribution in [1.29, 1.82) is 0 Å². The van der Waals surface area contributed by atoms with E-state index in [1.165, 1.54) is 12.0 Å². The molecule has 4 rings (SSSR count). The van der Waals surface area contributed by atoms with Gasteiger partial charge in [-0.15, -0.1) is 0 Å². The van der Waals surface area contributed by atoms with E-state index in [1.807, 2.05) is 58.1 Å². The maximum absolute atomic E-state index is 14.4. The van der Waals surface area contributed by atoms with Crippen LogP contribution >= 0.6 is 0 Å². The van der Waals surface area contributed by atoms with Crippen LogP contribution in [-0.4, -0.2) is 137 Å². The Hall–Kier alpha value is -3.08. The number of aliphatic hydroxyl groups excluding tert-OH is 3. The number of carbonyl (C=O) groups excluding carboxylic acids is 4. The Morgan fingerprint density at radius 1 is 0.862 bits per heavy atom. The average Bonchev–Trinajstić information content (AvgIpc) is 3.28. The summed E-state index contributed by atoms with van der Waals surface area (Å²) in [6.45, 7) is 12.9. The molecule has 14 nitrogen and oxygen atoms in total. The predicted octanol–water partition coefficient (Wildman–Crippen LogP) is 5.97. The number of ether oxygens (including phenoxy) is 5. The Kier molecular flexibility index (Phi) is 21.3. The molecule has 1 saturated carbocycles. The number of ketones is 2. The van der Waals surface area contributed by atoms with Crippen LogP contribution in [0.15, 0.2) is 47.6 Å². The van der Waals surface area contributed by atoms with Crippen LogP contribution in [0, 0.1) is 35.5 Å². The number of rotatable bonds is 6. The minimum absolute atomic E-state index is 0.0291. The molecule has 0 aromatic carbocycles.